The molecule has 12 heavy (non-hydrogen) atoms. The van der Waals surface area contributed by atoms with Crippen molar-refractivity contribution in [2.45, 2.75) is 6.92 Å². The fourth-order valence-electron chi connectivity index (χ4n) is 1.08. The molecule has 1 aliphatic heterocycles. The highest BCUT2D eigenvalue weighted by molar-refractivity contribution is 8.26. The lowest BCUT2D eigenvalue weighted by molar-refractivity contribution is 1.30. The van der Waals surface area contributed by atoms with Crippen LogP contribution in [0, 0.1) is 0 Å². The fraction of sp³-hybridized carbons (Fsp3) is 0.222. The maximum absolute atomic E-state index is 4.34. The lowest BCUT2D eigenvalue weighted by Crippen LogP contribution is -1.92. The number of hydrogen-bond donors (Lipinski definition) is 0. The van der Waals surface area contributed by atoms with Gasteiger partial charge in [0.05, 0.1) is 17.4 Å². The fourth-order valence-corrected chi connectivity index (χ4v) is 2.23. The van der Waals surface area contributed by atoms with Crippen LogP contribution in [0.1, 0.15) is 12.5 Å². The van der Waals surface area contributed by atoms with Crippen molar-refractivity contribution in [2.75, 3.05) is 5.75 Å². The van der Waals surface area contributed by atoms with E-state index in [2.05, 4.69) is 22.3 Å². The van der Waals surface area contributed by atoms with E-state index in [-0.39, 0.29) is 10.5 Å². The van der Waals surface area contributed by atoms with E-state index < -0.39 is 0 Å². The van der Waals surface area contributed by atoms with E-state index in [0.717, 1.165) is 11.4 Å². The van der Waals surface area contributed by atoms with Crippen molar-refractivity contribution in [3.63, 3.8) is 0 Å². The van der Waals surface area contributed by atoms with E-state index >= 15 is 0 Å². The molecule has 0 spiro atoms. The van der Waals surface area contributed by atoms with Gasteiger partial charge in [0, 0.05) is 11.8 Å². The Labute approximate surface area is 74.3 Å². The smallest absolute Gasteiger partial charge is 0.0896 e. The number of aromatic nitrogens is 1. The molecule has 1 aliphatic rings. The van der Waals surface area contributed by atoms with Gasteiger partial charge in [0.1, 0.15) is 0 Å². The van der Waals surface area contributed by atoms with Crippen molar-refractivity contribution in [3.05, 3.63) is 24.0 Å². The molecule has 1 atom stereocenters. The molecule has 3 heteroatoms. The summed E-state index contributed by atoms with van der Waals surface area (Å²) in [4.78, 5) is 8.36. The minimum absolute atomic E-state index is 0.243. The quantitative estimate of drug-likeness (QED) is 0.605. The minimum Gasteiger partial charge on any atom is -0.262 e. The standard InChI is InChI=1S/C9H10N2S/c1-2-12-6-8-3-4-10-5-9(8)11-7-12/h3-7H,2H2,1H3. The molecule has 0 saturated carbocycles. The summed E-state index contributed by atoms with van der Waals surface area (Å²) in [5.41, 5.74) is 4.23. The van der Waals surface area contributed by atoms with Gasteiger partial charge < -0.3 is 0 Å². The van der Waals surface area contributed by atoms with Gasteiger partial charge in [0.2, 0.25) is 0 Å². The topological polar surface area (TPSA) is 25.2 Å². The third-order valence-electron chi connectivity index (χ3n) is 1.77. The van der Waals surface area contributed by atoms with Crippen LogP contribution in [0.3, 0.4) is 0 Å². The van der Waals surface area contributed by atoms with Crippen molar-refractivity contribution >= 4 is 27.1 Å². The summed E-state index contributed by atoms with van der Waals surface area (Å²) in [5.74, 6) is 1.14. The van der Waals surface area contributed by atoms with Gasteiger partial charge in [0.15, 0.2) is 0 Å². The molecule has 1 aromatic heterocycles. The van der Waals surface area contributed by atoms with Crippen LogP contribution >= 0.6 is 10.5 Å². The molecule has 2 heterocycles. The molecule has 0 bridgehead atoms. The van der Waals surface area contributed by atoms with Gasteiger partial charge in [-0.3, -0.25) is 4.98 Å². The molecular weight excluding hydrogens is 168 g/mol. The molecule has 1 unspecified atom stereocenters. The minimum atomic E-state index is 0.243. The monoisotopic (exact) mass is 178 g/mol. The molecule has 0 amide bonds. The van der Waals surface area contributed by atoms with Crippen LogP contribution in [0.4, 0.5) is 5.69 Å². The Morgan fingerprint density at radius 3 is 3.25 bits per heavy atom. The van der Waals surface area contributed by atoms with Gasteiger partial charge in [0.25, 0.3) is 0 Å². The molecule has 1 aromatic rings. The molecule has 2 nitrogen and oxygen atoms in total. The summed E-state index contributed by atoms with van der Waals surface area (Å²) in [7, 11) is 0.243. The Kier molecular flexibility index (Phi) is 2.04. The molecule has 0 fully saturated rings. The lowest BCUT2D eigenvalue weighted by atomic mass is 10.3. The molecule has 0 radical (unpaired) electrons. The van der Waals surface area contributed by atoms with Gasteiger partial charge in [-0.1, -0.05) is 6.92 Å². The Bertz CT molecular complexity index is 355. The Balaban J connectivity index is 2.49. The summed E-state index contributed by atoms with van der Waals surface area (Å²) >= 11 is 0. The zero-order valence-electron chi connectivity index (χ0n) is 6.90. The van der Waals surface area contributed by atoms with E-state index in [1.54, 1.807) is 6.20 Å². The van der Waals surface area contributed by atoms with Crippen molar-refractivity contribution in [1.29, 1.82) is 0 Å². The number of hydrogen-bond acceptors (Lipinski definition) is 2. The second-order valence-electron chi connectivity index (χ2n) is 2.54. The molecule has 2 rings (SSSR count). The van der Waals surface area contributed by atoms with Gasteiger partial charge in [-0.2, -0.15) is 0 Å². The maximum Gasteiger partial charge on any atom is 0.0896 e. The highest BCUT2D eigenvalue weighted by atomic mass is 32.2. The van der Waals surface area contributed by atoms with Gasteiger partial charge >= 0.3 is 0 Å². The van der Waals surface area contributed by atoms with Crippen LogP contribution in [0.25, 0.3) is 0 Å². The SMILES string of the molecule is CCS1=Cc2ccncc2N=C1. The van der Waals surface area contributed by atoms with E-state index in [4.69, 9.17) is 0 Å². The van der Waals surface area contributed by atoms with Crippen LogP contribution in [0.15, 0.2) is 23.5 Å². The average Bonchev–Trinajstić information content (AvgIpc) is 2.17. The highest BCUT2D eigenvalue weighted by Crippen LogP contribution is 2.24. The average molecular weight is 178 g/mol. The van der Waals surface area contributed by atoms with Gasteiger partial charge in [-0.25, -0.2) is 4.99 Å². The zero-order valence-corrected chi connectivity index (χ0v) is 7.71. The first kappa shape index (κ1) is 7.68. The van der Waals surface area contributed by atoms with Crippen LogP contribution in [0.2, 0.25) is 0 Å². The van der Waals surface area contributed by atoms with Gasteiger partial charge in [-0.15, -0.1) is 10.5 Å². The Morgan fingerprint density at radius 2 is 2.42 bits per heavy atom. The zero-order chi connectivity index (χ0) is 8.39. The summed E-state index contributed by atoms with van der Waals surface area (Å²) in [5, 5.41) is 2.27. The molecule has 0 aromatic carbocycles. The van der Waals surface area contributed by atoms with Crippen LogP contribution in [-0.2, 0) is 0 Å². The van der Waals surface area contributed by atoms with E-state index in [1.807, 2.05) is 17.8 Å². The van der Waals surface area contributed by atoms with Crippen molar-refractivity contribution in [1.82, 2.24) is 4.98 Å². The molecule has 0 aliphatic carbocycles. The number of pyridine rings is 1. The van der Waals surface area contributed by atoms with Crippen LogP contribution < -0.4 is 0 Å². The predicted octanol–water partition coefficient (Wildman–Crippen LogP) is 2.19. The lowest BCUT2D eigenvalue weighted by Gasteiger charge is -2.07. The predicted molar refractivity (Wildman–Crippen MR) is 55.7 cm³/mol. The second-order valence-corrected chi connectivity index (χ2v) is 4.51. The summed E-state index contributed by atoms with van der Waals surface area (Å²) in [6.07, 6.45) is 3.62. The third kappa shape index (κ3) is 1.32. The van der Waals surface area contributed by atoms with Gasteiger partial charge in [-0.05, 0) is 17.2 Å². The molecule has 0 saturated heterocycles. The first-order valence-corrected chi connectivity index (χ1v) is 5.43. The number of rotatable bonds is 1. The summed E-state index contributed by atoms with van der Waals surface area (Å²) < 4.78 is 0. The normalized spacial score (nSPS) is 19.9. The molecular formula is C9H10N2S. The third-order valence-corrected chi connectivity index (χ3v) is 3.37. The maximum atomic E-state index is 4.34. The number of nitrogens with zero attached hydrogens (tertiary/aromatic N) is 2. The Hall–Kier alpha value is -0.960. The Morgan fingerprint density at radius 1 is 1.50 bits per heavy atom. The summed E-state index contributed by atoms with van der Waals surface area (Å²) in [6.45, 7) is 2.18. The number of fused-ring (bicyclic) bond motifs is 1. The van der Waals surface area contributed by atoms with Crippen molar-refractivity contribution in [2.24, 2.45) is 4.99 Å². The highest BCUT2D eigenvalue weighted by Gasteiger charge is 2.02. The van der Waals surface area contributed by atoms with E-state index in [1.165, 1.54) is 5.56 Å². The van der Waals surface area contributed by atoms with Crippen molar-refractivity contribution < 1.29 is 0 Å². The van der Waals surface area contributed by atoms with Crippen LogP contribution in [-0.4, -0.2) is 21.7 Å². The summed E-state index contributed by atoms with van der Waals surface area (Å²) in [6, 6.07) is 2.02. The number of aliphatic imine (C=N–C) groups is 1. The van der Waals surface area contributed by atoms with E-state index in [0.29, 0.717) is 0 Å². The largest absolute Gasteiger partial charge is 0.262 e. The van der Waals surface area contributed by atoms with E-state index in [9.17, 15) is 0 Å². The second kappa shape index (κ2) is 3.19. The molecule has 62 valence electrons. The van der Waals surface area contributed by atoms with Crippen molar-refractivity contribution in [3.8, 4) is 0 Å². The van der Waals surface area contributed by atoms with Crippen LogP contribution in [0.5, 0.6) is 0 Å². The first-order chi connectivity index (χ1) is 5.90. The first-order valence-electron chi connectivity index (χ1n) is 3.91. The molecule has 0 N–H and O–H groups in total.